The number of anilines is 1. The number of amides is 1. The van der Waals surface area contributed by atoms with E-state index in [2.05, 4.69) is 15.3 Å². The van der Waals surface area contributed by atoms with Crippen molar-refractivity contribution in [2.75, 3.05) is 5.32 Å². The van der Waals surface area contributed by atoms with Gasteiger partial charge in [0.05, 0.1) is 11.1 Å². The van der Waals surface area contributed by atoms with E-state index >= 15 is 0 Å². The summed E-state index contributed by atoms with van der Waals surface area (Å²) < 4.78 is 1.51. The molecule has 0 spiro atoms. The van der Waals surface area contributed by atoms with Gasteiger partial charge < -0.3 is 4.57 Å². The van der Waals surface area contributed by atoms with E-state index in [1.54, 1.807) is 0 Å². The first-order valence-electron chi connectivity index (χ1n) is 6.04. The molecule has 0 aliphatic carbocycles. The third-order valence-corrected chi connectivity index (χ3v) is 2.89. The van der Waals surface area contributed by atoms with E-state index in [-0.39, 0.29) is 28.5 Å². The number of nitrogens with one attached hydrogen (secondary N) is 1. The molecular formula is C12H12ClN5O3. The lowest BCUT2D eigenvalue weighted by atomic mass is 10.3. The Morgan fingerprint density at radius 3 is 2.81 bits per heavy atom. The molecule has 21 heavy (non-hydrogen) atoms. The molecule has 8 nitrogen and oxygen atoms in total. The van der Waals surface area contributed by atoms with Crippen LogP contribution in [0.3, 0.4) is 0 Å². The number of carbonyl (C=O) groups excluding carboxylic acids is 1. The van der Waals surface area contributed by atoms with Crippen LogP contribution in [0.4, 0.5) is 11.6 Å². The van der Waals surface area contributed by atoms with Gasteiger partial charge in [-0.2, -0.15) is 0 Å². The molecule has 0 unspecified atom stereocenters. The zero-order valence-corrected chi connectivity index (χ0v) is 12.0. The lowest BCUT2D eigenvalue weighted by Gasteiger charge is -2.11. The molecule has 2 heterocycles. The van der Waals surface area contributed by atoms with E-state index in [1.807, 2.05) is 13.8 Å². The number of nitro groups is 1. The standard InChI is InChI=1S/C12H12ClN5O3/c1-7(2)17-6-8(18(20)21)5-9(17)11(19)16-12-14-4-3-10(13)15-12/h3-7H,1-2H3,(H,14,15,16,19). The van der Waals surface area contributed by atoms with Crippen molar-refractivity contribution in [3.05, 3.63) is 45.5 Å². The number of carbonyl (C=O) groups is 1. The molecule has 0 atom stereocenters. The van der Waals surface area contributed by atoms with Crippen molar-refractivity contribution in [3.63, 3.8) is 0 Å². The quantitative estimate of drug-likeness (QED) is 0.531. The normalized spacial score (nSPS) is 10.7. The Hall–Kier alpha value is -2.48. The van der Waals surface area contributed by atoms with Crippen molar-refractivity contribution in [2.45, 2.75) is 19.9 Å². The fourth-order valence-electron chi connectivity index (χ4n) is 1.74. The van der Waals surface area contributed by atoms with Crippen LogP contribution >= 0.6 is 11.6 Å². The summed E-state index contributed by atoms with van der Waals surface area (Å²) in [7, 11) is 0. The number of nitrogens with zero attached hydrogens (tertiary/aromatic N) is 4. The summed E-state index contributed by atoms with van der Waals surface area (Å²) in [6, 6.07) is 2.57. The Labute approximate surface area is 124 Å². The van der Waals surface area contributed by atoms with E-state index < -0.39 is 10.8 Å². The van der Waals surface area contributed by atoms with Gasteiger partial charge in [-0.1, -0.05) is 11.6 Å². The van der Waals surface area contributed by atoms with Gasteiger partial charge in [0.2, 0.25) is 5.95 Å². The maximum absolute atomic E-state index is 12.2. The second-order valence-electron chi connectivity index (χ2n) is 4.50. The molecule has 0 aromatic carbocycles. The second-order valence-corrected chi connectivity index (χ2v) is 4.89. The average Bonchev–Trinajstić information content (AvgIpc) is 2.84. The van der Waals surface area contributed by atoms with Gasteiger partial charge in [-0.3, -0.25) is 20.2 Å². The SMILES string of the molecule is CC(C)n1cc([N+](=O)[O-])cc1C(=O)Nc1nccc(Cl)n1. The molecule has 2 aromatic heterocycles. The second kappa shape index (κ2) is 5.88. The molecule has 0 saturated heterocycles. The van der Waals surface area contributed by atoms with E-state index in [4.69, 9.17) is 11.6 Å². The molecule has 0 aliphatic rings. The molecule has 2 aromatic rings. The summed E-state index contributed by atoms with van der Waals surface area (Å²) in [5, 5.41) is 13.5. The summed E-state index contributed by atoms with van der Waals surface area (Å²) >= 11 is 5.70. The van der Waals surface area contributed by atoms with Gasteiger partial charge in [-0.05, 0) is 19.9 Å². The summed E-state index contributed by atoms with van der Waals surface area (Å²) in [6.45, 7) is 3.63. The lowest BCUT2D eigenvalue weighted by molar-refractivity contribution is -0.384. The van der Waals surface area contributed by atoms with E-state index in [0.717, 1.165) is 0 Å². The highest BCUT2D eigenvalue weighted by molar-refractivity contribution is 6.29. The Balaban J connectivity index is 2.32. The number of hydrogen-bond donors (Lipinski definition) is 1. The molecule has 0 fully saturated rings. The third kappa shape index (κ3) is 3.34. The van der Waals surface area contributed by atoms with Crippen molar-refractivity contribution >= 4 is 29.1 Å². The van der Waals surface area contributed by atoms with Crippen molar-refractivity contribution in [1.82, 2.24) is 14.5 Å². The summed E-state index contributed by atoms with van der Waals surface area (Å²) in [5.41, 5.74) is 0.00105. The monoisotopic (exact) mass is 309 g/mol. The first-order valence-corrected chi connectivity index (χ1v) is 6.42. The fourth-order valence-corrected chi connectivity index (χ4v) is 1.87. The molecule has 9 heteroatoms. The molecule has 0 bridgehead atoms. The predicted octanol–water partition coefficient (Wildman–Crippen LogP) is 2.67. The Morgan fingerprint density at radius 2 is 2.24 bits per heavy atom. The minimum atomic E-state index is -0.550. The van der Waals surface area contributed by atoms with Crippen LogP contribution in [-0.2, 0) is 0 Å². The molecule has 1 amide bonds. The van der Waals surface area contributed by atoms with Crippen LogP contribution in [0.2, 0.25) is 5.15 Å². The summed E-state index contributed by atoms with van der Waals surface area (Å²) in [5.74, 6) is -0.509. The van der Waals surface area contributed by atoms with Crippen LogP contribution in [0.25, 0.3) is 0 Å². The lowest BCUT2D eigenvalue weighted by Crippen LogP contribution is -2.19. The highest BCUT2D eigenvalue weighted by Gasteiger charge is 2.21. The summed E-state index contributed by atoms with van der Waals surface area (Å²) in [4.78, 5) is 30.2. The number of halogens is 1. The van der Waals surface area contributed by atoms with Gasteiger partial charge in [0.15, 0.2) is 0 Å². The summed E-state index contributed by atoms with van der Waals surface area (Å²) in [6.07, 6.45) is 2.72. The Bertz CT molecular complexity index is 698. The Morgan fingerprint density at radius 1 is 1.52 bits per heavy atom. The largest absolute Gasteiger partial charge is 0.335 e. The average molecular weight is 310 g/mol. The predicted molar refractivity (Wildman–Crippen MR) is 76.5 cm³/mol. The number of aromatic nitrogens is 3. The molecule has 2 rings (SSSR count). The number of rotatable bonds is 4. The van der Waals surface area contributed by atoms with Crippen molar-refractivity contribution in [2.24, 2.45) is 0 Å². The van der Waals surface area contributed by atoms with Gasteiger partial charge in [0, 0.05) is 18.3 Å². The third-order valence-electron chi connectivity index (χ3n) is 2.68. The Kier molecular flexibility index (Phi) is 4.18. The van der Waals surface area contributed by atoms with Crippen LogP contribution in [0.1, 0.15) is 30.4 Å². The van der Waals surface area contributed by atoms with Gasteiger partial charge in [0.25, 0.3) is 11.6 Å². The van der Waals surface area contributed by atoms with Crippen LogP contribution in [-0.4, -0.2) is 25.4 Å². The van der Waals surface area contributed by atoms with Crippen LogP contribution in [0.15, 0.2) is 24.5 Å². The highest BCUT2D eigenvalue weighted by Crippen LogP contribution is 2.21. The minimum Gasteiger partial charge on any atom is -0.335 e. The van der Waals surface area contributed by atoms with Crippen LogP contribution in [0, 0.1) is 10.1 Å². The van der Waals surface area contributed by atoms with Crippen LogP contribution < -0.4 is 5.32 Å². The zero-order valence-electron chi connectivity index (χ0n) is 11.3. The highest BCUT2D eigenvalue weighted by atomic mass is 35.5. The van der Waals surface area contributed by atoms with Crippen molar-refractivity contribution < 1.29 is 9.72 Å². The first-order chi connectivity index (χ1) is 9.88. The van der Waals surface area contributed by atoms with Gasteiger partial charge in [0.1, 0.15) is 10.8 Å². The first kappa shape index (κ1) is 14.9. The van der Waals surface area contributed by atoms with E-state index in [1.165, 1.54) is 29.1 Å². The molecule has 1 N–H and O–H groups in total. The van der Waals surface area contributed by atoms with Crippen molar-refractivity contribution in [1.29, 1.82) is 0 Å². The molecule has 0 radical (unpaired) electrons. The minimum absolute atomic E-state index is 0.0339. The van der Waals surface area contributed by atoms with Gasteiger partial charge in [-0.15, -0.1) is 0 Å². The molecule has 110 valence electrons. The van der Waals surface area contributed by atoms with Gasteiger partial charge in [-0.25, -0.2) is 9.97 Å². The number of hydrogen-bond acceptors (Lipinski definition) is 5. The zero-order chi connectivity index (χ0) is 15.6. The topological polar surface area (TPSA) is 103 Å². The van der Waals surface area contributed by atoms with Crippen LogP contribution in [0.5, 0.6) is 0 Å². The fraction of sp³-hybridized carbons (Fsp3) is 0.250. The maximum atomic E-state index is 12.2. The van der Waals surface area contributed by atoms with Gasteiger partial charge >= 0.3 is 0 Å². The smallest absolute Gasteiger partial charge is 0.287 e. The molecule has 0 aliphatic heterocycles. The van der Waals surface area contributed by atoms with Crippen molar-refractivity contribution in [3.8, 4) is 0 Å². The molecule has 0 saturated carbocycles. The maximum Gasteiger partial charge on any atom is 0.287 e. The van der Waals surface area contributed by atoms with E-state index in [9.17, 15) is 14.9 Å². The molecular weight excluding hydrogens is 298 g/mol. The van der Waals surface area contributed by atoms with E-state index in [0.29, 0.717) is 0 Å².